The fraction of sp³-hybridized carbons (Fsp3) is 0.0526. The number of carbonyl (C=O) groups excluding carboxylic acids is 1. The van der Waals surface area contributed by atoms with Gasteiger partial charge in [-0.2, -0.15) is 4.68 Å². The average Bonchev–Trinajstić information content (AvgIpc) is 3.33. The molecule has 6 nitrogen and oxygen atoms in total. The van der Waals surface area contributed by atoms with Crippen molar-refractivity contribution in [2.45, 2.75) is 6.92 Å². The molecule has 0 saturated heterocycles. The molecule has 140 valence electrons. The summed E-state index contributed by atoms with van der Waals surface area (Å²) in [6, 6.07) is 13.8. The SMILES string of the molecule is Cc1nnnn1-c1cc(NC(=O)c2ccc(-c3ccccc3F)s2)ccc1F. The van der Waals surface area contributed by atoms with Gasteiger partial charge in [0.15, 0.2) is 5.82 Å². The lowest BCUT2D eigenvalue weighted by molar-refractivity contribution is 0.103. The average molecular weight is 397 g/mol. The van der Waals surface area contributed by atoms with Gasteiger partial charge in [0.1, 0.15) is 17.3 Å². The maximum atomic E-state index is 14.1. The summed E-state index contributed by atoms with van der Waals surface area (Å²) in [5, 5.41) is 13.7. The molecule has 0 saturated carbocycles. The first-order chi connectivity index (χ1) is 13.5. The minimum absolute atomic E-state index is 0.124. The lowest BCUT2D eigenvalue weighted by Crippen LogP contribution is -2.11. The van der Waals surface area contributed by atoms with Crippen molar-refractivity contribution >= 4 is 22.9 Å². The molecule has 4 rings (SSSR count). The zero-order valence-corrected chi connectivity index (χ0v) is 15.4. The van der Waals surface area contributed by atoms with Gasteiger partial charge in [-0.15, -0.1) is 16.4 Å². The van der Waals surface area contributed by atoms with Gasteiger partial charge in [0.25, 0.3) is 5.91 Å². The number of hydrogen-bond donors (Lipinski definition) is 1. The normalized spacial score (nSPS) is 10.8. The second kappa shape index (κ2) is 7.28. The van der Waals surface area contributed by atoms with Crippen LogP contribution < -0.4 is 5.32 Å². The van der Waals surface area contributed by atoms with E-state index in [9.17, 15) is 13.6 Å². The van der Waals surface area contributed by atoms with Gasteiger partial charge >= 0.3 is 0 Å². The second-order valence-corrected chi connectivity index (χ2v) is 6.99. The molecule has 1 N–H and O–H groups in total. The van der Waals surface area contributed by atoms with Crippen LogP contribution in [0.2, 0.25) is 0 Å². The Kier molecular flexibility index (Phi) is 4.66. The van der Waals surface area contributed by atoms with E-state index in [2.05, 4.69) is 20.8 Å². The lowest BCUT2D eigenvalue weighted by atomic mass is 10.2. The minimum atomic E-state index is -0.522. The van der Waals surface area contributed by atoms with Crippen molar-refractivity contribution in [3.8, 4) is 16.1 Å². The maximum absolute atomic E-state index is 14.1. The molecule has 2 aromatic carbocycles. The molecular formula is C19H13F2N5OS. The number of nitrogens with one attached hydrogen (secondary N) is 1. The number of hydrogen-bond acceptors (Lipinski definition) is 5. The number of aromatic nitrogens is 4. The zero-order chi connectivity index (χ0) is 19.7. The highest BCUT2D eigenvalue weighted by Crippen LogP contribution is 2.30. The smallest absolute Gasteiger partial charge is 0.265 e. The Labute approximate surface area is 162 Å². The van der Waals surface area contributed by atoms with Crippen molar-refractivity contribution in [3.05, 3.63) is 76.9 Å². The molecule has 0 unspecified atom stereocenters. The van der Waals surface area contributed by atoms with E-state index in [0.717, 1.165) is 0 Å². The third kappa shape index (κ3) is 3.39. The van der Waals surface area contributed by atoms with E-state index in [1.807, 2.05) is 0 Å². The number of tetrazole rings is 1. The summed E-state index contributed by atoms with van der Waals surface area (Å²) in [6.07, 6.45) is 0. The predicted octanol–water partition coefficient (Wildman–Crippen LogP) is 4.23. The molecule has 0 aliphatic heterocycles. The molecule has 9 heteroatoms. The zero-order valence-electron chi connectivity index (χ0n) is 14.6. The molecule has 2 heterocycles. The van der Waals surface area contributed by atoms with Gasteiger partial charge in [0.2, 0.25) is 0 Å². The first-order valence-corrected chi connectivity index (χ1v) is 9.05. The summed E-state index contributed by atoms with van der Waals surface area (Å²) >= 11 is 1.17. The summed E-state index contributed by atoms with van der Waals surface area (Å²) in [5.74, 6) is -0.837. The van der Waals surface area contributed by atoms with E-state index in [1.165, 1.54) is 40.3 Å². The quantitative estimate of drug-likeness (QED) is 0.559. The molecule has 0 aliphatic rings. The molecule has 28 heavy (non-hydrogen) atoms. The number of carbonyl (C=O) groups is 1. The van der Waals surface area contributed by atoms with Gasteiger partial charge in [-0.1, -0.05) is 18.2 Å². The standard InChI is InChI=1S/C19H13F2N5OS/c1-11-23-24-25-26(11)16-10-12(6-7-15(16)21)22-19(27)18-9-8-17(28-18)13-4-2-3-5-14(13)20/h2-10H,1H3,(H,22,27). The molecule has 1 amide bonds. The Morgan fingerprint density at radius 2 is 1.89 bits per heavy atom. The largest absolute Gasteiger partial charge is 0.321 e. The van der Waals surface area contributed by atoms with Crippen molar-refractivity contribution in [1.82, 2.24) is 20.2 Å². The molecule has 0 bridgehead atoms. The number of nitrogens with zero attached hydrogens (tertiary/aromatic N) is 4. The van der Waals surface area contributed by atoms with Gasteiger partial charge in [-0.05, 0) is 53.7 Å². The predicted molar refractivity (Wildman–Crippen MR) is 102 cm³/mol. The number of benzene rings is 2. The molecule has 4 aromatic rings. The Bertz CT molecular complexity index is 1170. The van der Waals surface area contributed by atoms with Gasteiger partial charge in [0, 0.05) is 16.1 Å². The number of anilines is 1. The van der Waals surface area contributed by atoms with Gasteiger partial charge in [-0.25, -0.2) is 8.78 Å². The Morgan fingerprint density at radius 1 is 1.07 bits per heavy atom. The lowest BCUT2D eigenvalue weighted by Gasteiger charge is -2.08. The summed E-state index contributed by atoms with van der Waals surface area (Å²) in [5.41, 5.74) is 0.945. The summed E-state index contributed by atoms with van der Waals surface area (Å²) < 4.78 is 29.3. The minimum Gasteiger partial charge on any atom is -0.321 e. The van der Waals surface area contributed by atoms with Crippen LogP contribution in [-0.2, 0) is 0 Å². The Hall–Kier alpha value is -3.46. The fourth-order valence-corrected chi connectivity index (χ4v) is 3.59. The van der Waals surface area contributed by atoms with E-state index in [0.29, 0.717) is 26.8 Å². The highest BCUT2D eigenvalue weighted by Gasteiger charge is 2.15. The second-order valence-electron chi connectivity index (χ2n) is 5.90. The molecule has 0 atom stereocenters. The van der Waals surface area contributed by atoms with Crippen LogP contribution >= 0.6 is 11.3 Å². The maximum Gasteiger partial charge on any atom is 0.265 e. The van der Waals surface area contributed by atoms with Crippen LogP contribution in [0.5, 0.6) is 0 Å². The number of aryl methyl sites for hydroxylation is 1. The summed E-state index contributed by atoms with van der Waals surface area (Å²) in [6.45, 7) is 1.64. The molecule has 0 aliphatic carbocycles. The molecule has 0 spiro atoms. The summed E-state index contributed by atoms with van der Waals surface area (Å²) in [4.78, 5) is 13.6. The first-order valence-electron chi connectivity index (χ1n) is 8.24. The number of thiophene rings is 1. The van der Waals surface area contributed by atoms with Crippen LogP contribution in [0.15, 0.2) is 54.6 Å². The highest BCUT2D eigenvalue weighted by molar-refractivity contribution is 7.17. The fourth-order valence-electron chi connectivity index (χ4n) is 2.67. The van der Waals surface area contributed by atoms with Crippen molar-refractivity contribution in [1.29, 1.82) is 0 Å². The molecule has 0 radical (unpaired) electrons. The van der Waals surface area contributed by atoms with Crippen LogP contribution in [0.3, 0.4) is 0 Å². The van der Waals surface area contributed by atoms with E-state index in [1.54, 1.807) is 37.3 Å². The summed E-state index contributed by atoms with van der Waals surface area (Å²) in [7, 11) is 0. The van der Waals surface area contributed by atoms with Crippen LogP contribution in [0.1, 0.15) is 15.5 Å². The van der Waals surface area contributed by atoms with Crippen LogP contribution in [0.25, 0.3) is 16.1 Å². The van der Waals surface area contributed by atoms with E-state index < -0.39 is 5.82 Å². The Morgan fingerprint density at radius 3 is 2.64 bits per heavy atom. The molecular weight excluding hydrogens is 384 g/mol. The topological polar surface area (TPSA) is 72.7 Å². The van der Waals surface area contributed by atoms with Crippen molar-refractivity contribution < 1.29 is 13.6 Å². The van der Waals surface area contributed by atoms with Crippen LogP contribution in [0.4, 0.5) is 14.5 Å². The van der Waals surface area contributed by atoms with Gasteiger partial charge < -0.3 is 5.32 Å². The monoisotopic (exact) mass is 397 g/mol. The molecule has 0 fully saturated rings. The number of rotatable bonds is 4. The van der Waals surface area contributed by atoms with E-state index >= 15 is 0 Å². The third-order valence-corrected chi connectivity index (χ3v) is 5.14. The van der Waals surface area contributed by atoms with Crippen molar-refractivity contribution in [3.63, 3.8) is 0 Å². The van der Waals surface area contributed by atoms with Crippen molar-refractivity contribution in [2.24, 2.45) is 0 Å². The first kappa shape index (κ1) is 17.9. The molecule has 2 aromatic heterocycles. The van der Waals surface area contributed by atoms with E-state index in [4.69, 9.17) is 0 Å². The van der Waals surface area contributed by atoms with Crippen LogP contribution in [-0.4, -0.2) is 26.1 Å². The number of amides is 1. The number of halogens is 2. The third-order valence-electron chi connectivity index (χ3n) is 4.03. The van der Waals surface area contributed by atoms with Gasteiger partial charge in [-0.3, -0.25) is 4.79 Å². The van der Waals surface area contributed by atoms with Crippen LogP contribution in [0, 0.1) is 18.6 Å². The van der Waals surface area contributed by atoms with E-state index in [-0.39, 0.29) is 17.4 Å². The Balaban J connectivity index is 1.58. The van der Waals surface area contributed by atoms with Gasteiger partial charge in [0.05, 0.1) is 4.88 Å². The van der Waals surface area contributed by atoms with Crippen molar-refractivity contribution in [2.75, 3.05) is 5.32 Å². The highest BCUT2D eigenvalue weighted by atomic mass is 32.1.